The van der Waals surface area contributed by atoms with Crippen molar-refractivity contribution in [3.63, 3.8) is 0 Å². The van der Waals surface area contributed by atoms with Crippen molar-refractivity contribution in [2.75, 3.05) is 27.4 Å². The normalized spacial score (nSPS) is 10.4. The number of carbonyl (C=O) groups excluding carboxylic acids is 1. The molecule has 0 aromatic heterocycles. The van der Waals surface area contributed by atoms with E-state index in [1.54, 1.807) is 32.4 Å². The highest BCUT2D eigenvalue weighted by molar-refractivity contribution is 5.95. The molecular weight excluding hydrogens is 258 g/mol. The molecule has 0 aliphatic carbocycles. The third kappa shape index (κ3) is 5.48. The second-order valence-corrected chi connectivity index (χ2v) is 4.63. The first-order valence-electron chi connectivity index (χ1n) is 6.69. The highest BCUT2D eigenvalue weighted by Crippen LogP contribution is 2.22. The Morgan fingerprint density at radius 3 is 2.25 bits per heavy atom. The van der Waals surface area contributed by atoms with Gasteiger partial charge in [-0.1, -0.05) is 0 Å². The van der Waals surface area contributed by atoms with Crippen molar-refractivity contribution in [2.45, 2.75) is 26.4 Å². The van der Waals surface area contributed by atoms with Gasteiger partial charge in [-0.15, -0.1) is 0 Å². The summed E-state index contributed by atoms with van der Waals surface area (Å²) in [5, 5.41) is 2.85. The topological polar surface area (TPSA) is 56.8 Å². The molecule has 20 heavy (non-hydrogen) atoms. The Hall–Kier alpha value is -1.75. The van der Waals surface area contributed by atoms with Gasteiger partial charge in [0.1, 0.15) is 11.5 Å². The number of amides is 1. The maximum atomic E-state index is 12.0. The highest BCUT2D eigenvalue weighted by Gasteiger charge is 2.09. The van der Waals surface area contributed by atoms with Gasteiger partial charge in [0.25, 0.3) is 5.91 Å². The van der Waals surface area contributed by atoms with Gasteiger partial charge in [0, 0.05) is 24.8 Å². The van der Waals surface area contributed by atoms with Gasteiger partial charge in [-0.2, -0.15) is 0 Å². The van der Waals surface area contributed by atoms with Gasteiger partial charge in [0.2, 0.25) is 0 Å². The molecule has 0 aliphatic rings. The molecule has 1 aromatic carbocycles. The maximum absolute atomic E-state index is 12.0. The molecule has 0 saturated carbocycles. The van der Waals surface area contributed by atoms with Gasteiger partial charge in [-0.05, 0) is 32.4 Å². The molecular formula is C15H23NO4. The predicted molar refractivity (Wildman–Crippen MR) is 77.6 cm³/mol. The van der Waals surface area contributed by atoms with Crippen LogP contribution in [-0.2, 0) is 4.74 Å². The number of hydrogen-bond donors (Lipinski definition) is 1. The molecule has 0 bridgehead atoms. The molecule has 5 nitrogen and oxygen atoms in total. The van der Waals surface area contributed by atoms with Crippen LogP contribution < -0.4 is 14.8 Å². The molecule has 0 heterocycles. The second-order valence-electron chi connectivity index (χ2n) is 4.63. The fourth-order valence-electron chi connectivity index (χ4n) is 1.63. The molecule has 1 rings (SSSR count). The van der Waals surface area contributed by atoms with Crippen molar-refractivity contribution in [3.05, 3.63) is 23.8 Å². The van der Waals surface area contributed by atoms with E-state index in [4.69, 9.17) is 14.2 Å². The summed E-state index contributed by atoms with van der Waals surface area (Å²) in [6.07, 6.45) is 0.999. The molecule has 0 fully saturated rings. The van der Waals surface area contributed by atoms with Crippen LogP contribution in [-0.4, -0.2) is 39.4 Å². The molecule has 0 spiro atoms. The van der Waals surface area contributed by atoms with E-state index >= 15 is 0 Å². The van der Waals surface area contributed by atoms with Gasteiger partial charge in [0.15, 0.2) is 0 Å². The Kier molecular flexibility index (Phi) is 6.87. The molecule has 0 saturated heterocycles. The zero-order valence-corrected chi connectivity index (χ0v) is 12.6. The van der Waals surface area contributed by atoms with Crippen LogP contribution in [0.3, 0.4) is 0 Å². The van der Waals surface area contributed by atoms with Gasteiger partial charge >= 0.3 is 0 Å². The first-order valence-corrected chi connectivity index (χ1v) is 6.69. The predicted octanol–water partition coefficient (Wildman–Crippen LogP) is 2.25. The van der Waals surface area contributed by atoms with Gasteiger partial charge < -0.3 is 19.5 Å². The monoisotopic (exact) mass is 281 g/mol. The zero-order chi connectivity index (χ0) is 15.0. The summed E-state index contributed by atoms with van der Waals surface area (Å²) in [5.41, 5.74) is 0.519. The SMILES string of the molecule is COc1cc(OC)cc(C(=O)NCCCOC(C)C)c1. The summed E-state index contributed by atoms with van der Waals surface area (Å²) in [4.78, 5) is 12.0. The zero-order valence-electron chi connectivity index (χ0n) is 12.6. The van der Waals surface area contributed by atoms with E-state index in [9.17, 15) is 4.79 Å². The fourth-order valence-corrected chi connectivity index (χ4v) is 1.63. The lowest BCUT2D eigenvalue weighted by molar-refractivity contribution is 0.0757. The third-order valence-corrected chi connectivity index (χ3v) is 2.67. The summed E-state index contributed by atoms with van der Waals surface area (Å²) in [6.45, 7) is 5.19. The standard InChI is InChI=1S/C15H23NO4/c1-11(2)20-7-5-6-16-15(17)12-8-13(18-3)10-14(9-12)19-4/h8-11H,5-7H2,1-4H3,(H,16,17). The first kappa shape index (κ1) is 16.3. The second kappa shape index (κ2) is 8.43. The number of nitrogens with one attached hydrogen (secondary N) is 1. The van der Waals surface area contributed by atoms with Crippen molar-refractivity contribution < 1.29 is 19.0 Å². The molecule has 1 amide bonds. The minimum absolute atomic E-state index is 0.147. The van der Waals surface area contributed by atoms with E-state index in [-0.39, 0.29) is 12.0 Å². The van der Waals surface area contributed by atoms with Crippen LogP contribution in [0.15, 0.2) is 18.2 Å². The number of benzene rings is 1. The van der Waals surface area contributed by atoms with Crippen LogP contribution >= 0.6 is 0 Å². The quantitative estimate of drug-likeness (QED) is 0.743. The lowest BCUT2D eigenvalue weighted by Crippen LogP contribution is -2.25. The molecule has 0 atom stereocenters. The Morgan fingerprint density at radius 1 is 1.15 bits per heavy atom. The lowest BCUT2D eigenvalue weighted by Gasteiger charge is -2.10. The lowest BCUT2D eigenvalue weighted by atomic mass is 10.2. The van der Waals surface area contributed by atoms with E-state index in [0.29, 0.717) is 30.2 Å². The number of ether oxygens (including phenoxy) is 3. The number of methoxy groups -OCH3 is 2. The molecule has 0 radical (unpaired) electrons. The number of rotatable bonds is 8. The maximum Gasteiger partial charge on any atom is 0.251 e. The smallest absolute Gasteiger partial charge is 0.251 e. The third-order valence-electron chi connectivity index (χ3n) is 2.67. The van der Waals surface area contributed by atoms with Crippen molar-refractivity contribution >= 4 is 5.91 Å². The van der Waals surface area contributed by atoms with Crippen molar-refractivity contribution in [1.82, 2.24) is 5.32 Å². The summed E-state index contributed by atoms with van der Waals surface area (Å²) in [7, 11) is 3.11. The molecule has 1 N–H and O–H groups in total. The van der Waals surface area contributed by atoms with E-state index < -0.39 is 0 Å². The van der Waals surface area contributed by atoms with E-state index in [2.05, 4.69) is 5.32 Å². The van der Waals surface area contributed by atoms with E-state index in [0.717, 1.165) is 6.42 Å². The van der Waals surface area contributed by atoms with E-state index in [1.165, 1.54) is 0 Å². The number of carbonyl (C=O) groups is 1. The molecule has 0 unspecified atom stereocenters. The van der Waals surface area contributed by atoms with Crippen LogP contribution in [0.4, 0.5) is 0 Å². The summed E-state index contributed by atoms with van der Waals surface area (Å²) in [5.74, 6) is 1.04. The minimum Gasteiger partial charge on any atom is -0.497 e. The Labute approximate surface area is 120 Å². The van der Waals surface area contributed by atoms with Crippen LogP contribution in [0.25, 0.3) is 0 Å². The van der Waals surface area contributed by atoms with Crippen molar-refractivity contribution in [3.8, 4) is 11.5 Å². The highest BCUT2D eigenvalue weighted by atomic mass is 16.5. The van der Waals surface area contributed by atoms with Crippen molar-refractivity contribution in [2.24, 2.45) is 0 Å². The van der Waals surface area contributed by atoms with Crippen LogP contribution in [0, 0.1) is 0 Å². The minimum atomic E-state index is -0.147. The van der Waals surface area contributed by atoms with Crippen molar-refractivity contribution in [1.29, 1.82) is 0 Å². The first-order chi connectivity index (χ1) is 9.56. The molecule has 5 heteroatoms. The summed E-state index contributed by atoms with van der Waals surface area (Å²) >= 11 is 0. The Morgan fingerprint density at radius 2 is 1.75 bits per heavy atom. The van der Waals surface area contributed by atoms with Gasteiger partial charge in [0.05, 0.1) is 20.3 Å². The summed E-state index contributed by atoms with van der Waals surface area (Å²) in [6, 6.07) is 5.10. The Bertz CT molecular complexity index is 410. The largest absolute Gasteiger partial charge is 0.497 e. The average molecular weight is 281 g/mol. The number of hydrogen-bond acceptors (Lipinski definition) is 4. The van der Waals surface area contributed by atoms with Crippen LogP contribution in [0.2, 0.25) is 0 Å². The molecule has 0 aliphatic heterocycles. The van der Waals surface area contributed by atoms with Crippen LogP contribution in [0.5, 0.6) is 11.5 Å². The van der Waals surface area contributed by atoms with Gasteiger partial charge in [-0.25, -0.2) is 0 Å². The average Bonchev–Trinajstić information content (AvgIpc) is 2.45. The van der Waals surface area contributed by atoms with Crippen LogP contribution in [0.1, 0.15) is 30.6 Å². The fraction of sp³-hybridized carbons (Fsp3) is 0.533. The van der Waals surface area contributed by atoms with Gasteiger partial charge in [-0.3, -0.25) is 4.79 Å². The molecule has 1 aromatic rings. The van der Waals surface area contributed by atoms with E-state index in [1.807, 2.05) is 13.8 Å². The summed E-state index contributed by atoms with van der Waals surface area (Å²) < 4.78 is 15.7. The molecule has 112 valence electrons. The Balaban J connectivity index is 2.50.